The summed E-state index contributed by atoms with van der Waals surface area (Å²) < 4.78 is 16.3. The maximum Gasteiger partial charge on any atom is 0.324 e. The van der Waals surface area contributed by atoms with Gasteiger partial charge in [-0.3, -0.25) is 0 Å². The number of methoxy groups -OCH3 is 2. The Morgan fingerprint density at radius 2 is 1.76 bits per heavy atom. The first-order chi connectivity index (χ1) is 12.2. The molecular weight excluding hydrogens is 320 g/mol. The molecule has 0 bridgehead atoms. The zero-order chi connectivity index (χ0) is 17.3. The molecule has 2 aliphatic rings. The minimum absolute atomic E-state index is 0.201. The van der Waals surface area contributed by atoms with E-state index in [1.165, 1.54) is 19.8 Å². The van der Waals surface area contributed by atoms with E-state index < -0.39 is 0 Å². The molecule has 7 nitrogen and oxygen atoms in total. The highest BCUT2D eigenvalue weighted by molar-refractivity contribution is 5.38. The molecule has 1 atom stereocenters. The van der Waals surface area contributed by atoms with Crippen molar-refractivity contribution in [1.29, 1.82) is 0 Å². The maximum absolute atomic E-state index is 6.06. The quantitative estimate of drug-likeness (QED) is 0.819. The highest BCUT2D eigenvalue weighted by Gasteiger charge is 2.50. The Balaban J connectivity index is 1.39. The number of hydrogen-bond donors (Lipinski definition) is 0. The molecule has 2 aromatic rings. The second-order valence-corrected chi connectivity index (χ2v) is 6.79. The molecular formula is C18H22N4O3. The fourth-order valence-electron chi connectivity index (χ4n) is 3.68. The monoisotopic (exact) mass is 342 g/mol. The highest BCUT2D eigenvalue weighted by Crippen LogP contribution is 2.43. The Morgan fingerprint density at radius 1 is 1.08 bits per heavy atom. The van der Waals surface area contributed by atoms with Crippen molar-refractivity contribution in [1.82, 2.24) is 15.0 Å². The molecule has 25 heavy (non-hydrogen) atoms. The molecule has 1 aromatic heterocycles. The molecule has 1 spiro atoms. The van der Waals surface area contributed by atoms with Gasteiger partial charge in [0.25, 0.3) is 0 Å². The van der Waals surface area contributed by atoms with Gasteiger partial charge in [-0.05, 0) is 18.4 Å². The number of benzene rings is 1. The first kappa shape index (κ1) is 16.1. The van der Waals surface area contributed by atoms with Gasteiger partial charge in [-0.1, -0.05) is 30.3 Å². The van der Waals surface area contributed by atoms with E-state index in [1.54, 1.807) is 0 Å². The zero-order valence-electron chi connectivity index (χ0n) is 14.5. The van der Waals surface area contributed by atoms with Crippen LogP contribution in [0.2, 0.25) is 0 Å². The summed E-state index contributed by atoms with van der Waals surface area (Å²) in [7, 11) is 3.07. The lowest BCUT2D eigenvalue weighted by Gasteiger charge is -2.47. The van der Waals surface area contributed by atoms with E-state index in [9.17, 15) is 0 Å². The van der Waals surface area contributed by atoms with Gasteiger partial charge in [0.05, 0.1) is 26.9 Å². The third-order valence-corrected chi connectivity index (χ3v) is 4.88. The van der Waals surface area contributed by atoms with Gasteiger partial charge in [0.1, 0.15) is 0 Å². The molecule has 2 saturated heterocycles. The summed E-state index contributed by atoms with van der Waals surface area (Å²) >= 11 is 0. The van der Waals surface area contributed by atoms with Gasteiger partial charge in [0.2, 0.25) is 5.95 Å². The molecule has 1 unspecified atom stereocenters. The topological polar surface area (TPSA) is 69.6 Å². The van der Waals surface area contributed by atoms with Crippen molar-refractivity contribution in [2.45, 2.75) is 18.9 Å². The first-order valence-corrected chi connectivity index (χ1v) is 8.44. The van der Waals surface area contributed by atoms with Gasteiger partial charge in [-0.15, -0.1) is 4.98 Å². The van der Waals surface area contributed by atoms with Crippen LogP contribution in [0.15, 0.2) is 30.3 Å². The van der Waals surface area contributed by atoms with Crippen LogP contribution in [-0.2, 0) is 11.2 Å². The summed E-state index contributed by atoms with van der Waals surface area (Å²) in [5.41, 5.74) is 1.53. The Labute approximate surface area is 147 Å². The molecule has 0 amide bonds. The molecule has 0 aliphatic carbocycles. The molecule has 7 heteroatoms. The summed E-state index contributed by atoms with van der Waals surface area (Å²) in [4.78, 5) is 14.8. The molecule has 132 valence electrons. The number of nitrogens with zero attached hydrogens (tertiary/aromatic N) is 4. The van der Waals surface area contributed by atoms with Gasteiger partial charge in [-0.2, -0.15) is 9.97 Å². The van der Waals surface area contributed by atoms with Crippen molar-refractivity contribution >= 4 is 5.95 Å². The average molecular weight is 342 g/mol. The van der Waals surface area contributed by atoms with E-state index in [1.807, 2.05) is 6.07 Å². The van der Waals surface area contributed by atoms with Gasteiger partial charge in [0.15, 0.2) is 0 Å². The highest BCUT2D eigenvalue weighted by atomic mass is 16.5. The smallest absolute Gasteiger partial charge is 0.324 e. The van der Waals surface area contributed by atoms with Gasteiger partial charge in [-0.25, -0.2) is 0 Å². The van der Waals surface area contributed by atoms with Crippen molar-refractivity contribution in [3.8, 4) is 12.0 Å². The Bertz CT molecular complexity index is 712. The third-order valence-electron chi connectivity index (χ3n) is 4.88. The largest absolute Gasteiger partial charge is 0.467 e. The minimum Gasteiger partial charge on any atom is -0.467 e. The fraction of sp³-hybridized carbons (Fsp3) is 0.500. The van der Waals surface area contributed by atoms with Crippen molar-refractivity contribution < 1.29 is 14.2 Å². The number of anilines is 1. The number of aromatic nitrogens is 3. The van der Waals surface area contributed by atoms with E-state index in [0.29, 0.717) is 5.95 Å². The van der Waals surface area contributed by atoms with Crippen LogP contribution in [0, 0.1) is 5.41 Å². The summed E-state index contributed by atoms with van der Waals surface area (Å²) in [5, 5.41) is 0. The second-order valence-electron chi connectivity index (χ2n) is 6.79. The number of ether oxygens (including phenoxy) is 3. The summed E-state index contributed by atoms with van der Waals surface area (Å²) in [5.74, 6) is 0.598. The lowest BCUT2D eigenvalue weighted by molar-refractivity contribution is 0.0872. The van der Waals surface area contributed by atoms with E-state index in [4.69, 9.17) is 14.2 Å². The van der Waals surface area contributed by atoms with Crippen LogP contribution in [-0.4, -0.2) is 55.0 Å². The Hall–Kier alpha value is -2.41. The summed E-state index contributed by atoms with van der Waals surface area (Å²) in [6, 6.07) is 11.1. The van der Waals surface area contributed by atoms with Gasteiger partial charge >= 0.3 is 12.0 Å². The molecule has 1 aromatic carbocycles. The van der Waals surface area contributed by atoms with Crippen LogP contribution < -0.4 is 14.4 Å². The van der Waals surface area contributed by atoms with Gasteiger partial charge < -0.3 is 19.1 Å². The molecule has 3 heterocycles. The molecule has 4 rings (SSSR count). The second kappa shape index (κ2) is 6.48. The van der Waals surface area contributed by atoms with E-state index >= 15 is 0 Å². The normalized spacial score (nSPS) is 21.2. The Morgan fingerprint density at radius 3 is 2.40 bits per heavy atom. The van der Waals surface area contributed by atoms with Gasteiger partial charge in [0, 0.05) is 18.5 Å². The molecule has 0 saturated carbocycles. The van der Waals surface area contributed by atoms with Crippen molar-refractivity contribution in [3.63, 3.8) is 0 Å². The van der Waals surface area contributed by atoms with E-state index in [-0.39, 0.29) is 23.5 Å². The maximum atomic E-state index is 6.06. The Kier molecular flexibility index (Phi) is 4.17. The zero-order valence-corrected chi connectivity index (χ0v) is 14.5. The van der Waals surface area contributed by atoms with Crippen molar-refractivity contribution in [3.05, 3.63) is 35.9 Å². The fourth-order valence-corrected chi connectivity index (χ4v) is 3.68. The number of hydrogen-bond acceptors (Lipinski definition) is 7. The minimum atomic E-state index is 0.201. The molecule has 0 N–H and O–H groups in total. The first-order valence-electron chi connectivity index (χ1n) is 8.44. The predicted octanol–water partition coefficient (Wildman–Crippen LogP) is 1.73. The SMILES string of the molecule is COc1nc(OC)nc(N2CC3(COC(Cc4ccccc4)C3)C2)n1. The van der Waals surface area contributed by atoms with Crippen LogP contribution in [0.1, 0.15) is 12.0 Å². The number of rotatable bonds is 5. The molecule has 0 radical (unpaired) electrons. The summed E-state index contributed by atoms with van der Waals surface area (Å²) in [6.07, 6.45) is 2.32. The lowest BCUT2D eigenvalue weighted by atomic mass is 9.77. The average Bonchev–Trinajstić information content (AvgIpc) is 3.05. The van der Waals surface area contributed by atoms with Crippen LogP contribution in [0.25, 0.3) is 0 Å². The van der Waals surface area contributed by atoms with E-state index in [0.717, 1.165) is 32.5 Å². The van der Waals surface area contributed by atoms with E-state index in [2.05, 4.69) is 44.1 Å². The predicted molar refractivity (Wildman–Crippen MR) is 92.1 cm³/mol. The lowest BCUT2D eigenvalue weighted by Crippen LogP contribution is -2.57. The standard InChI is InChI=1S/C18H22N4O3/c1-23-16-19-15(20-17(21-16)24-2)22-10-18(11-22)9-14(25-12-18)8-13-6-4-3-5-7-13/h3-7,14H,8-12H2,1-2H3. The van der Waals surface area contributed by atoms with Crippen molar-refractivity contribution in [2.75, 3.05) is 38.8 Å². The molecule has 2 aliphatic heterocycles. The van der Waals surface area contributed by atoms with Crippen LogP contribution in [0.5, 0.6) is 12.0 Å². The van der Waals surface area contributed by atoms with Crippen LogP contribution in [0.3, 0.4) is 0 Å². The third kappa shape index (κ3) is 3.24. The van der Waals surface area contributed by atoms with Crippen LogP contribution >= 0.6 is 0 Å². The van der Waals surface area contributed by atoms with Crippen molar-refractivity contribution in [2.24, 2.45) is 5.41 Å². The molecule has 2 fully saturated rings. The summed E-state index contributed by atoms with van der Waals surface area (Å²) in [6.45, 7) is 2.56. The van der Waals surface area contributed by atoms with Crippen LogP contribution in [0.4, 0.5) is 5.95 Å².